The van der Waals surface area contributed by atoms with Gasteiger partial charge in [-0.05, 0) is 12.8 Å². The Labute approximate surface area is 70.7 Å². The monoisotopic (exact) mass is 168 g/mol. The highest BCUT2D eigenvalue weighted by atomic mass is 16.6. The summed E-state index contributed by atoms with van der Waals surface area (Å²) in [5.41, 5.74) is 0.354. The van der Waals surface area contributed by atoms with Crippen molar-refractivity contribution < 1.29 is 14.6 Å². The lowest BCUT2D eigenvalue weighted by atomic mass is 9.97. The van der Waals surface area contributed by atoms with Gasteiger partial charge in [-0.25, -0.2) is 0 Å². The molecule has 4 rings (SSSR count). The largest absolute Gasteiger partial charge is 0.368 e. The third kappa shape index (κ3) is 0.515. The minimum absolute atomic E-state index is 0.330. The Kier molecular flexibility index (Phi) is 0.839. The maximum absolute atomic E-state index is 9.35. The average molecular weight is 168 g/mol. The summed E-state index contributed by atoms with van der Waals surface area (Å²) in [7, 11) is 0. The molecule has 3 heteroatoms. The van der Waals surface area contributed by atoms with E-state index in [-0.39, 0.29) is 0 Å². The van der Waals surface area contributed by atoms with Crippen LogP contribution in [-0.2, 0) is 9.47 Å². The van der Waals surface area contributed by atoms with E-state index in [1.807, 2.05) is 0 Å². The molecule has 2 saturated carbocycles. The van der Waals surface area contributed by atoms with Gasteiger partial charge in [-0.2, -0.15) is 0 Å². The van der Waals surface area contributed by atoms with E-state index in [2.05, 4.69) is 0 Å². The van der Waals surface area contributed by atoms with Crippen molar-refractivity contribution in [2.24, 2.45) is 11.3 Å². The van der Waals surface area contributed by atoms with Crippen LogP contribution in [0.3, 0.4) is 0 Å². The first-order valence-corrected chi connectivity index (χ1v) is 4.80. The highest BCUT2D eigenvalue weighted by Gasteiger charge is 2.77. The van der Waals surface area contributed by atoms with Gasteiger partial charge in [-0.15, -0.1) is 0 Å². The molecule has 5 atom stereocenters. The van der Waals surface area contributed by atoms with E-state index in [4.69, 9.17) is 9.47 Å². The molecule has 0 bridgehead atoms. The highest BCUT2D eigenvalue weighted by Crippen LogP contribution is 2.70. The average Bonchev–Trinajstić information content (AvgIpc) is 2.90. The summed E-state index contributed by atoms with van der Waals surface area (Å²) in [5.74, 6) is 0.507. The molecule has 2 aliphatic carbocycles. The summed E-state index contributed by atoms with van der Waals surface area (Å²) in [6.45, 7) is 0. The predicted octanol–water partition coefficient (Wildman–Crippen LogP) is 0.271. The van der Waals surface area contributed by atoms with E-state index in [0.717, 1.165) is 6.42 Å². The molecule has 0 aromatic carbocycles. The summed E-state index contributed by atoms with van der Waals surface area (Å²) in [6.07, 6.45) is 4.06. The third-order valence-corrected chi connectivity index (χ3v) is 4.07. The van der Waals surface area contributed by atoms with Crippen molar-refractivity contribution in [2.45, 2.75) is 43.9 Å². The van der Waals surface area contributed by atoms with Gasteiger partial charge in [0.1, 0.15) is 0 Å². The zero-order valence-corrected chi connectivity index (χ0v) is 6.77. The Morgan fingerprint density at radius 3 is 2.75 bits per heavy atom. The van der Waals surface area contributed by atoms with E-state index in [1.165, 1.54) is 12.8 Å². The summed E-state index contributed by atoms with van der Waals surface area (Å²) >= 11 is 0. The number of hydrogen-bond donors (Lipinski definition) is 1. The molecule has 0 aromatic rings. The topological polar surface area (TPSA) is 42.0 Å². The molecule has 12 heavy (non-hydrogen) atoms. The summed E-state index contributed by atoms with van der Waals surface area (Å²) in [4.78, 5) is 0. The van der Waals surface area contributed by atoms with Crippen LogP contribution in [0.1, 0.15) is 19.3 Å². The molecule has 2 heterocycles. The Balaban J connectivity index is 1.75. The fourth-order valence-corrected chi connectivity index (χ4v) is 3.34. The number of ether oxygens (including phenoxy) is 2. The molecule has 5 unspecified atom stereocenters. The van der Waals surface area contributed by atoms with Crippen LogP contribution in [-0.4, -0.2) is 29.7 Å². The first kappa shape index (κ1) is 6.35. The number of rotatable bonds is 0. The molecule has 0 radical (unpaired) electrons. The van der Waals surface area contributed by atoms with Crippen LogP contribution in [0.4, 0.5) is 0 Å². The first-order chi connectivity index (χ1) is 5.81. The minimum Gasteiger partial charge on any atom is -0.368 e. The van der Waals surface area contributed by atoms with Gasteiger partial charge in [0.2, 0.25) is 0 Å². The first-order valence-electron chi connectivity index (χ1n) is 4.80. The van der Waals surface area contributed by atoms with Gasteiger partial charge < -0.3 is 14.6 Å². The van der Waals surface area contributed by atoms with Gasteiger partial charge >= 0.3 is 0 Å². The van der Waals surface area contributed by atoms with Crippen LogP contribution in [0.15, 0.2) is 0 Å². The minimum atomic E-state index is -0.511. The quantitative estimate of drug-likeness (QED) is 0.528. The van der Waals surface area contributed by atoms with Crippen molar-refractivity contribution in [2.75, 3.05) is 0 Å². The van der Waals surface area contributed by atoms with Crippen LogP contribution in [0.2, 0.25) is 0 Å². The number of epoxide rings is 1. The normalized spacial score (nSPS) is 63.2. The van der Waals surface area contributed by atoms with Gasteiger partial charge in [0.25, 0.3) is 0 Å². The fourth-order valence-electron chi connectivity index (χ4n) is 3.34. The van der Waals surface area contributed by atoms with Crippen LogP contribution in [0.5, 0.6) is 0 Å². The maximum atomic E-state index is 9.35. The van der Waals surface area contributed by atoms with Crippen LogP contribution < -0.4 is 0 Å². The predicted molar refractivity (Wildman–Crippen MR) is 39.3 cm³/mol. The second-order valence-corrected chi connectivity index (χ2v) is 4.67. The molecule has 2 saturated heterocycles. The standard InChI is InChI=1S/C9H12O3/c10-5-3-4-6-8(12-6)9(1-2-9)7(4)11-5/h4-8,10H,1-3H2. The van der Waals surface area contributed by atoms with Gasteiger partial charge in [0.15, 0.2) is 6.29 Å². The van der Waals surface area contributed by atoms with Crippen molar-refractivity contribution in [1.29, 1.82) is 0 Å². The molecular formula is C9H12O3. The third-order valence-electron chi connectivity index (χ3n) is 4.07. The Morgan fingerprint density at radius 1 is 1.17 bits per heavy atom. The van der Waals surface area contributed by atoms with Gasteiger partial charge in [0.05, 0.1) is 18.3 Å². The highest BCUT2D eigenvalue weighted by molar-refractivity contribution is 5.24. The number of fused-ring (bicyclic) bond motifs is 5. The van der Waals surface area contributed by atoms with Crippen molar-refractivity contribution in [3.63, 3.8) is 0 Å². The van der Waals surface area contributed by atoms with Gasteiger partial charge in [-0.3, -0.25) is 0 Å². The lowest BCUT2D eigenvalue weighted by Gasteiger charge is -2.19. The second-order valence-electron chi connectivity index (χ2n) is 4.67. The molecule has 0 amide bonds. The zero-order valence-electron chi connectivity index (χ0n) is 6.77. The second kappa shape index (κ2) is 1.59. The van der Waals surface area contributed by atoms with Crippen molar-refractivity contribution >= 4 is 0 Å². The number of aliphatic hydroxyl groups is 1. The number of hydrogen-bond acceptors (Lipinski definition) is 3. The SMILES string of the molecule is OC1CC2C3OC3C3(CC3)C2O1. The molecule has 3 nitrogen and oxygen atoms in total. The smallest absolute Gasteiger partial charge is 0.155 e. The van der Waals surface area contributed by atoms with E-state index in [9.17, 15) is 5.11 Å². The lowest BCUT2D eigenvalue weighted by molar-refractivity contribution is -0.114. The Hall–Kier alpha value is -0.120. The van der Waals surface area contributed by atoms with Crippen molar-refractivity contribution in [3.05, 3.63) is 0 Å². The Bertz CT molecular complexity index is 248. The molecule has 4 fully saturated rings. The van der Waals surface area contributed by atoms with E-state index < -0.39 is 6.29 Å². The number of aliphatic hydroxyl groups excluding tert-OH is 1. The van der Waals surface area contributed by atoms with Crippen LogP contribution in [0, 0.1) is 11.3 Å². The fraction of sp³-hybridized carbons (Fsp3) is 1.00. The molecule has 1 N–H and O–H groups in total. The van der Waals surface area contributed by atoms with Crippen molar-refractivity contribution in [1.82, 2.24) is 0 Å². The van der Waals surface area contributed by atoms with Gasteiger partial charge in [-0.1, -0.05) is 0 Å². The summed E-state index contributed by atoms with van der Waals surface area (Å²) in [5, 5.41) is 9.35. The molecule has 0 aromatic heterocycles. The van der Waals surface area contributed by atoms with Crippen LogP contribution in [0.25, 0.3) is 0 Å². The molecular weight excluding hydrogens is 156 g/mol. The summed E-state index contributed by atoms with van der Waals surface area (Å²) < 4.78 is 11.1. The van der Waals surface area contributed by atoms with E-state index in [1.54, 1.807) is 0 Å². The molecule has 1 spiro atoms. The van der Waals surface area contributed by atoms with Crippen LogP contribution >= 0.6 is 0 Å². The lowest BCUT2D eigenvalue weighted by Crippen LogP contribution is -2.26. The molecule has 2 aliphatic heterocycles. The Morgan fingerprint density at radius 2 is 2.00 bits per heavy atom. The molecule has 66 valence electrons. The zero-order chi connectivity index (χ0) is 7.92. The summed E-state index contributed by atoms with van der Waals surface area (Å²) in [6, 6.07) is 0. The molecule has 4 aliphatic rings. The van der Waals surface area contributed by atoms with Gasteiger partial charge in [0, 0.05) is 17.8 Å². The van der Waals surface area contributed by atoms with E-state index >= 15 is 0 Å². The van der Waals surface area contributed by atoms with Crippen molar-refractivity contribution in [3.8, 4) is 0 Å². The maximum Gasteiger partial charge on any atom is 0.155 e. The van der Waals surface area contributed by atoms with E-state index in [0.29, 0.717) is 29.6 Å².